The highest BCUT2D eigenvalue weighted by Gasteiger charge is 2.24. The van der Waals surface area contributed by atoms with E-state index in [4.69, 9.17) is 23.2 Å². The zero-order chi connectivity index (χ0) is 17.4. The Kier molecular flexibility index (Phi) is 8.60. The van der Waals surface area contributed by atoms with E-state index in [-0.39, 0.29) is 0 Å². The first-order valence-electron chi connectivity index (χ1n) is 8.92. The molecule has 136 valence electrons. The molecule has 0 radical (unpaired) electrons. The first-order chi connectivity index (χ1) is 11.5. The van der Waals surface area contributed by atoms with Crippen molar-refractivity contribution in [1.82, 2.24) is 5.32 Å². The Labute approximate surface area is 155 Å². The Bertz CT molecular complexity index is 562. The molecular formula is C18H28Cl2NO2P. The van der Waals surface area contributed by atoms with Crippen LogP contribution in [-0.4, -0.2) is 30.3 Å². The molecule has 6 heteroatoms. The van der Waals surface area contributed by atoms with E-state index in [0.717, 1.165) is 44.3 Å². The van der Waals surface area contributed by atoms with Crippen molar-refractivity contribution in [2.24, 2.45) is 5.92 Å². The maximum Gasteiger partial charge on any atom is 0.200 e. The largest absolute Gasteiger partial charge is 0.344 e. The Morgan fingerprint density at radius 3 is 2.58 bits per heavy atom. The quantitative estimate of drug-likeness (QED) is 0.439. The molecule has 3 nitrogen and oxygen atoms in total. The van der Waals surface area contributed by atoms with Gasteiger partial charge in [0, 0.05) is 12.3 Å². The van der Waals surface area contributed by atoms with Crippen LogP contribution >= 0.6 is 30.6 Å². The number of hydrogen-bond donors (Lipinski definition) is 2. The lowest BCUT2D eigenvalue weighted by atomic mass is 9.91. The third-order valence-electron chi connectivity index (χ3n) is 4.70. The summed E-state index contributed by atoms with van der Waals surface area (Å²) in [6.07, 6.45) is 8.58. The molecule has 1 atom stereocenters. The smallest absolute Gasteiger partial charge is 0.200 e. The van der Waals surface area contributed by atoms with Crippen molar-refractivity contribution >= 4 is 30.6 Å². The van der Waals surface area contributed by atoms with Crippen LogP contribution in [0.5, 0.6) is 0 Å². The van der Waals surface area contributed by atoms with Gasteiger partial charge in [0.2, 0.25) is 7.37 Å². The predicted octanol–water partition coefficient (Wildman–Crippen LogP) is 5.37. The van der Waals surface area contributed by atoms with Crippen molar-refractivity contribution in [2.75, 3.05) is 25.4 Å². The van der Waals surface area contributed by atoms with Gasteiger partial charge in [-0.05, 0) is 62.4 Å². The lowest BCUT2D eigenvalue weighted by Gasteiger charge is -2.24. The molecule has 24 heavy (non-hydrogen) atoms. The van der Waals surface area contributed by atoms with Gasteiger partial charge in [-0.3, -0.25) is 4.57 Å². The summed E-state index contributed by atoms with van der Waals surface area (Å²) >= 11 is 11.9. The number of nitrogens with one attached hydrogen (secondary N) is 1. The molecule has 0 saturated heterocycles. The van der Waals surface area contributed by atoms with Crippen LogP contribution in [0, 0.1) is 5.92 Å². The highest BCUT2D eigenvalue weighted by atomic mass is 35.5. The molecule has 1 unspecified atom stereocenters. The minimum atomic E-state index is -2.95. The maximum atomic E-state index is 12.3. The van der Waals surface area contributed by atoms with Crippen LogP contribution in [0.2, 0.25) is 10.0 Å². The van der Waals surface area contributed by atoms with Crippen LogP contribution in [0.25, 0.3) is 0 Å². The molecule has 0 spiro atoms. The summed E-state index contributed by atoms with van der Waals surface area (Å²) < 4.78 is 12.3. The first-order valence-corrected chi connectivity index (χ1v) is 11.7. The van der Waals surface area contributed by atoms with Crippen LogP contribution in [0.4, 0.5) is 0 Å². The molecule has 0 heterocycles. The molecule has 1 fully saturated rings. The molecule has 2 N–H and O–H groups in total. The number of hydrogen-bond acceptors (Lipinski definition) is 2. The average Bonchev–Trinajstić information content (AvgIpc) is 2.54. The molecule has 0 amide bonds. The van der Waals surface area contributed by atoms with E-state index in [1.165, 1.54) is 19.3 Å². The van der Waals surface area contributed by atoms with Gasteiger partial charge in [0.25, 0.3) is 0 Å². The number of rotatable bonds is 9. The third kappa shape index (κ3) is 7.45. The summed E-state index contributed by atoms with van der Waals surface area (Å²) in [4.78, 5) is 10.2. The number of halogens is 2. The Morgan fingerprint density at radius 2 is 1.88 bits per heavy atom. The topological polar surface area (TPSA) is 49.3 Å². The molecule has 0 aliphatic heterocycles. The second-order valence-corrected chi connectivity index (χ2v) is 10.2. The Hall–Kier alpha value is -0.0500. The van der Waals surface area contributed by atoms with Crippen LogP contribution in [-0.2, 0) is 11.0 Å². The van der Waals surface area contributed by atoms with E-state index in [1.54, 1.807) is 0 Å². The van der Waals surface area contributed by atoms with Crippen LogP contribution < -0.4 is 5.32 Å². The van der Waals surface area contributed by atoms with Gasteiger partial charge in [-0.15, -0.1) is 0 Å². The number of benzene rings is 1. The molecule has 1 aromatic carbocycles. The van der Waals surface area contributed by atoms with Crippen LogP contribution in [0.15, 0.2) is 18.2 Å². The molecule has 0 aromatic heterocycles. The summed E-state index contributed by atoms with van der Waals surface area (Å²) in [5.41, 5.74) is 1.14. The van der Waals surface area contributed by atoms with E-state index in [1.807, 2.05) is 18.2 Å². The van der Waals surface area contributed by atoms with Gasteiger partial charge < -0.3 is 10.2 Å². The zero-order valence-corrected chi connectivity index (χ0v) is 16.6. The van der Waals surface area contributed by atoms with Crippen molar-refractivity contribution in [3.05, 3.63) is 33.8 Å². The van der Waals surface area contributed by atoms with Crippen molar-refractivity contribution in [2.45, 2.75) is 44.9 Å². The minimum absolute atomic E-state index is 0.434. The van der Waals surface area contributed by atoms with Gasteiger partial charge >= 0.3 is 0 Å². The van der Waals surface area contributed by atoms with Crippen molar-refractivity contribution < 1.29 is 9.46 Å². The minimum Gasteiger partial charge on any atom is -0.344 e. The second-order valence-electron chi connectivity index (χ2n) is 6.86. The fourth-order valence-corrected chi connectivity index (χ4v) is 5.70. The SMILES string of the molecule is O=P(O)(CCCNCCc1ccc(Cl)c(Cl)c1)CC1CCCCC1. The van der Waals surface area contributed by atoms with Crippen LogP contribution in [0.3, 0.4) is 0 Å². The Balaban J connectivity index is 1.58. The summed E-state index contributed by atoms with van der Waals surface area (Å²) in [6, 6.07) is 5.67. The Morgan fingerprint density at radius 1 is 1.12 bits per heavy atom. The molecule has 2 rings (SSSR count). The average molecular weight is 392 g/mol. The monoisotopic (exact) mass is 391 g/mol. The van der Waals surface area contributed by atoms with Gasteiger partial charge in [-0.2, -0.15) is 0 Å². The maximum absolute atomic E-state index is 12.3. The highest BCUT2D eigenvalue weighted by molar-refractivity contribution is 7.57. The molecule has 0 bridgehead atoms. The van der Waals surface area contributed by atoms with E-state index >= 15 is 0 Å². The summed E-state index contributed by atoms with van der Waals surface area (Å²) in [5, 5.41) is 4.49. The lowest BCUT2D eigenvalue weighted by Crippen LogP contribution is -2.20. The van der Waals surface area contributed by atoms with Crippen molar-refractivity contribution in [3.8, 4) is 0 Å². The van der Waals surface area contributed by atoms with Gasteiger partial charge in [0.05, 0.1) is 10.0 Å². The molecule has 1 aliphatic rings. The van der Waals surface area contributed by atoms with Gasteiger partial charge in [-0.1, -0.05) is 48.5 Å². The van der Waals surface area contributed by atoms with E-state index in [0.29, 0.717) is 28.3 Å². The van der Waals surface area contributed by atoms with E-state index in [9.17, 15) is 9.46 Å². The molecule has 1 aliphatic carbocycles. The van der Waals surface area contributed by atoms with E-state index in [2.05, 4.69) is 5.32 Å². The molecular weight excluding hydrogens is 364 g/mol. The fraction of sp³-hybridized carbons (Fsp3) is 0.667. The van der Waals surface area contributed by atoms with Crippen molar-refractivity contribution in [1.29, 1.82) is 0 Å². The summed E-state index contributed by atoms with van der Waals surface area (Å²) in [7, 11) is -2.95. The summed E-state index contributed by atoms with van der Waals surface area (Å²) in [5.74, 6) is 0.470. The third-order valence-corrected chi connectivity index (χ3v) is 7.54. The predicted molar refractivity (Wildman–Crippen MR) is 104 cm³/mol. The van der Waals surface area contributed by atoms with E-state index < -0.39 is 7.37 Å². The first kappa shape index (κ1) is 20.3. The molecule has 1 saturated carbocycles. The van der Waals surface area contributed by atoms with Crippen molar-refractivity contribution in [3.63, 3.8) is 0 Å². The van der Waals surface area contributed by atoms with Gasteiger partial charge in [-0.25, -0.2) is 0 Å². The fourth-order valence-electron chi connectivity index (χ4n) is 3.37. The second kappa shape index (κ2) is 10.2. The lowest BCUT2D eigenvalue weighted by molar-refractivity contribution is 0.372. The molecule has 1 aromatic rings. The van der Waals surface area contributed by atoms with Crippen LogP contribution in [0.1, 0.15) is 44.1 Å². The standard InChI is InChI=1S/C18H28Cl2NO2P/c19-17-8-7-15(13-18(17)20)9-11-21-10-4-12-24(22,23)14-16-5-2-1-3-6-16/h7-8,13,16,21H,1-6,9-12,14H2,(H,22,23). The zero-order valence-electron chi connectivity index (χ0n) is 14.1. The summed E-state index contributed by atoms with van der Waals surface area (Å²) in [6.45, 7) is 1.60. The van der Waals surface area contributed by atoms with Gasteiger partial charge in [0.1, 0.15) is 0 Å². The normalized spacial score (nSPS) is 18.5. The highest BCUT2D eigenvalue weighted by Crippen LogP contribution is 2.45. The van der Waals surface area contributed by atoms with Gasteiger partial charge in [0.15, 0.2) is 0 Å².